The molecule has 0 aliphatic carbocycles. The van der Waals surface area contributed by atoms with E-state index in [1.165, 1.54) is 18.1 Å². The van der Waals surface area contributed by atoms with Crippen LogP contribution in [0.5, 0.6) is 5.75 Å². The van der Waals surface area contributed by atoms with Crippen molar-refractivity contribution in [1.29, 1.82) is 0 Å². The van der Waals surface area contributed by atoms with Gasteiger partial charge in [0.25, 0.3) is 0 Å². The summed E-state index contributed by atoms with van der Waals surface area (Å²) >= 11 is 0. The molecule has 1 rings (SSSR count). The fourth-order valence-corrected chi connectivity index (χ4v) is 1.91. The van der Waals surface area contributed by atoms with Gasteiger partial charge in [0.1, 0.15) is 16.9 Å². The third kappa shape index (κ3) is 4.95. The highest BCUT2D eigenvalue weighted by Gasteiger charge is 2.20. The van der Waals surface area contributed by atoms with Gasteiger partial charge in [-0.25, -0.2) is 9.59 Å². The molecule has 122 valence electrons. The number of rotatable bonds is 5. The van der Waals surface area contributed by atoms with Gasteiger partial charge in [0.05, 0.1) is 7.11 Å². The molecule has 0 aromatic heterocycles. The topological polar surface area (TPSA) is 76.1 Å². The molecular formula is C16H23NO5. The minimum atomic E-state index is -1.04. The van der Waals surface area contributed by atoms with Crippen LogP contribution in [0.1, 0.15) is 36.7 Å². The van der Waals surface area contributed by atoms with Crippen molar-refractivity contribution in [2.24, 2.45) is 0 Å². The second-order valence-electron chi connectivity index (χ2n) is 5.95. The smallest absolute Gasteiger partial charge is 0.410 e. The third-order valence-electron chi connectivity index (χ3n) is 2.95. The first kappa shape index (κ1) is 17.8. The molecule has 0 aliphatic heterocycles. The molecule has 0 spiro atoms. The van der Waals surface area contributed by atoms with Crippen molar-refractivity contribution in [2.45, 2.75) is 32.8 Å². The van der Waals surface area contributed by atoms with Crippen LogP contribution in [0, 0.1) is 0 Å². The van der Waals surface area contributed by atoms with E-state index in [1.54, 1.807) is 40.0 Å². The van der Waals surface area contributed by atoms with Crippen molar-refractivity contribution in [1.82, 2.24) is 4.90 Å². The molecule has 1 aromatic rings. The first-order chi connectivity index (χ1) is 10.2. The molecule has 0 heterocycles. The fourth-order valence-electron chi connectivity index (χ4n) is 1.91. The Morgan fingerprint density at radius 2 is 1.91 bits per heavy atom. The largest absolute Gasteiger partial charge is 0.496 e. The lowest BCUT2D eigenvalue weighted by molar-refractivity contribution is 0.0300. The van der Waals surface area contributed by atoms with E-state index in [4.69, 9.17) is 14.6 Å². The number of carboxylic acid groups (broad SMARTS) is 1. The number of nitrogens with zero attached hydrogens (tertiary/aromatic N) is 1. The summed E-state index contributed by atoms with van der Waals surface area (Å²) in [5.41, 5.74) is 0.296. The summed E-state index contributed by atoms with van der Waals surface area (Å²) in [5, 5.41) is 9.15. The lowest BCUT2D eigenvalue weighted by atomic mass is 10.1. The molecule has 0 unspecified atom stereocenters. The molecule has 6 nitrogen and oxygen atoms in total. The Hall–Kier alpha value is -2.24. The third-order valence-corrected chi connectivity index (χ3v) is 2.95. The summed E-state index contributed by atoms with van der Waals surface area (Å²) in [6.45, 7) is 5.81. The monoisotopic (exact) mass is 309 g/mol. The van der Waals surface area contributed by atoms with E-state index in [1.807, 2.05) is 0 Å². The maximum atomic E-state index is 11.9. The van der Waals surface area contributed by atoms with Gasteiger partial charge in [-0.15, -0.1) is 0 Å². The molecule has 22 heavy (non-hydrogen) atoms. The molecule has 0 atom stereocenters. The van der Waals surface area contributed by atoms with E-state index in [9.17, 15) is 9.59 Å². The lowest BCUT2D eigenvalue weighted by Crippen LogP contribution is -2.35. The van der Waals surface area contributed by atoms with Crippen molar-refractivity contribution in [3.8, 4) is 5.75 Å². The normalized spacial score (nSPS) is 11.0. The van der Waals surface area contributed by atoms with Gasteiger partial charge >= 0.3 is 12.1 Å². The summed E-state index contributed by atoms with van der Waals surface area (Å²) in [6, 6.07) is 4.94. The number of hydrogen-bond acceptors (Lipinski definition) is 4. The van der Waals surface area contributed by atoms with Crippen molar-refractivity contribution in [3.05, 3.63) is 29.3 Å². The number of carbonyl (C=O) groups excluding carboxylic acids is 1. The number of benzene rings is 1. The van der Waals surface area contributed by atoms with E-state index in [0.717, 1.165) is 5.56 Å². The minimum absolute atomic E-state index is 0.111. The maximum absolute atomic E-state index is 11.9. The number of aromatic carboxylic acids is 1. The van der Waals surface area contributed by atoms with Crippen LogP contribution >= 0.6 is 0 Å². The first-order valence-corrected chi connectivity index (χ1v) is 6.99. The number of hydrogen-bond donors (Lipinski definition) is 1. The van der Waals surface area contributed by atoms with E-state index in [-0.39, 0.29) is 5.56 Å². The highest BCUT2D eigenvalue weighted by molar-refractivity contribution is 5.91. The zero-order chi connectivity index (χ0) is 16.9. The van der Waals surface area contributed by atoms with Gasteiger partial charge in [0.15, 0.2) is 0 Å². The number of ether oxygens (including phenoxy) is 2. The highest BCUT2D eigenvalue weighted by Crippen LogP contribution is 2.24. The molecular weight excluding hydrogens is 286 g/mol. The average molecular weight is 309 g/mol. The van der Waals surface area contributed by atoms with Crippen LogP contribution in [0.15, 0.2) is 18.2 Å². The molecule has 0 aliphatic rings. The van der Waals surface area contributed by atoms with Gasteiger partial charge in [-0.2, -0.15) is 0 Å². The Bertz CT molecular complexity index is 548. The Morgan fingerprint density at radius 1 is 1.27 bits per heavy atom. The molecule has 0 saturated carbocycles. The standard InChI is InChI=1S/C16H23NO5/c1-16(2,3)22-15(20)17(4)10-9-11-7-6-8-12(14(18)19)13(11)21-5/h6-8H,9-10H2,1-5H3,(H,18,19). The van der Waals surface area contributed by atoms with Gasteiger partial charge in [-0.05, 0) is 38.8 Å². The molecule has 1 amide bonds. The predicted octanol–water partition coefficient (Wildman–Crippen LogP) is 2.80. The maximum Gasteiger partial charge on any atom is 0.410 e. The van der Waals surface area contributed by atoms with E-state index < -0.39 is 17.7 Å². The van der Waals surface area contributed by atoms with Gasteiger partial charge in [-0.3, -0.25) is 0 Å². The number of carboxylic acids is 1. The van der Waals surface area contributed by atoms with Gasteiger partial charge in [0.2, 0.25) is 0 Å². The number of carbonyl (C=O) groups is 2. The summed E-state index contributed by atoms with van der Waals surface area (Å²) in [7, 11) is 3.07. The number of likely N-dealkylation sites (N-methyl/N-ethyl adjacent to an activating group) is 1. The van der Waals surface area contributed by atoms with E-state index >= 15 is 0 Å². The van der Waals surface area contributed by atoms with Gasteiger partial charge in [0, 0.05) is 13.6 Å². The van der Waals surface area contributed by atoms with Crippen LogP contribution < -0.4 is 4.74 Å². The van der Waals surface area contributed by atoms with Crippen molar-refractivity contribution < 1.29 is 24.2 Å². The highest BCUT2D eigenvalue weighted by atomic mass is 16.6. The molecule has 0 saturated heterocycles. The van der Waals surface area contributed by atoms with Crippen LogP contribution in [0.25, 0.3) is 0 Å². The Kier molecular flexibility index (Phi) is 5.79. The van der Waals surface area contributed by atoms with Gasteiger partial charge in [-0.1, -0.05) is 12.1 Å². The average Bonchev–Trinajstić information content (AvgIpc) is 2.42. The van der Waals surface area contributed by atoms with Crippen LogP contribution in [0.2, 0.25) is 0 Å². The zero-order valence-electron chi connectivity index (χ0n) is 13.7. The SMILES string of the molecule is COc1c(CCN(C)C(=O)OC(C)(C)C)cccc1C(=O)O. The molecule has 6 heteroatoms. The Morgan fingerprint density at radius 3 is 2.41 bits per heavy atom. The second-order valence-corrected chi connectivity index (χ2v) is 5.95. The van der Waals surface area contributed by atoms with Crippen molar-refractivity contribution in [2.75, 3.05) is 20.7 Å². The Balaban J connectivity index is 2.78. The van der Waals surface area contributed by atoms with Gasteiger partial charge < -0.3 is 19.5 Å². The van der Waals surface area contributed by atoms with Crippen LogP contribution in [-0.4, -0.2) is 48.4 Å². The second kappa shape index (κ2) is 7.15. The molecule has 1 aromatic carbocycles. The minimum Gasteiger partial charge on any atom is -0.496 e. The van der Waals surface area contributed by atoms with Crippen LogP contribution in [0.4, 0.5) is 4.79 Å². The first-order valence-electron chi connectivity index (χ1n) is 6.99. The van der Waals surface area contributed by atoms with E-state index in [2.05, 4.69) is 0 Å². The number of methoxy groups -OCH3 is 1. The quantitative estimate of drug-likeness (QED) is 0.905. The Labute approximate surface area is 130 Å². The molecule has 1 N–H and O–H groups in total. The summed E-state index contributed by atoms with van der Waals surface area (Å²) in [6.07, 6.45) is 0.0564. The van der Waals surface area contributed by atoms with Crippen LogP contribution in [0.3, 0.4) is 0 Å². The molecule has 0 fully saturated rings. The number of amides is 1. The van der Waals surface area contributed by atoms with Crippen molar-refractivity contribution in [3.63, 3.8) is 0 Å². The lowest BCUT2D eigenvalue weighted by Gasteiger charge is -2.24. The summed E-state index contributed by atoms with van der Waals surface area (Å²) < 4.78 is 10.5. The predicted molar refractivity (Wildman–Crippen MR) is 82.5 cm³/mol. The summed E-state index contributed by atoms with van der Waals surface area (Å²) in [4.78, 5) is 24.5. The van der Waals surface area contributed by atoms with Crippen molar-refractivity contribution >= 4 is 12.1 Å². The number of para-hydroxylation sites is 1. The zero-order valence-corrected chi connectivity index (χ0v) is 13.7. The molecule has 0 bridgehead atoms. The van der Waals surface area contributed by atoms with Crippen LogP contribution in [-0.2, 0) is 11.2 Å². The molecule has 0 radical (unpaired) electrons. The fraction of sp³-hybridized carbons (Fsp3) is 0.500. The summed E-state index contributed by atoms with van der Waals surface area (Å²) in [5.74, 6) is -0.716. The van der Waals surface area contributed by atoms with E-state index in [0.29, 0.717) is 18.7 Å².